The standard InChI is InChI=1S/C30H58N4O11S2/c31-34-33-7-9-37-11-13-39-15-17-41-19-21-43-23-25-45-27-26-44-24-22-42-20-18-40-16-14-38-12-10-36-8-6-32-30(35)4-2-1-3-29-5-28-46-47-29/h29H,1-28H2,(H,32,35)/t29-/m1/s1. The first-order valence-electron chi connectivity index (χ1n) is 16.7. The van der Waals surface area contributed by atoms with Gasteiger partial charge in [-0.15, -0.1) is 0 Å². The Labute approximate surface area is 288 Å². The van der Waals surface area contributed by atoms with Gasteiger partial charge in [0.1, 0.15) is 0 Å². The van der Waals surface area contributed by atoms with E-state index >= 15 is 0 Å². The van der Waals surface area contributed by atoms with E-state index in [1.165, 1.54) is 18.6 Å². The number of nitrogens with zero attached hydrogens (tertiary/aromatic N) is 3. The van der Waals surface area contributed by atoms with Gasteiger partial charge in [-0.2, -0.15) is 0 Å². The highest BCUT2D eigenvalue weighted by Gasteiger charge is 2.15. The molecular formula is C30H58N4O11S2. The third kappa shape index (κ3) is 34.7. The van der Waals surface area contributed by atoms with Crippen LogP contribution in [-0.2, 0) is 52.2 Å². The number of hydrogen-bond donors (Lipinski definition) is 1. The van der Waals surface area contributed by atoms with Gasteiger partial charge in [-0.1, -0.05) is 33.1 Å². The van der Waals surface area contributed by atoms with Crippen LogP contribution in [0.2, 0.25) is 0 Å². The number of nitrogens with one attached hydrogen (secondary N) is 1. The summed E-state index contributed by atoms with van der Waals surface area (Å²) in [5.74, 6) is 1.37. The van der Waals surface area contributed by atoms with Gasteiger partial charge in [0.15, 0.2) is 0 Å². The molecule has 0 unspecified atom stereocenters. The summed E-state index contributed by atoms with van der Waals surface area (Å²) in [5, 5.41) is 7.07. The molecule has 0 saturated carbocycles. The molecule has 1 fully saturated rings. The van der Waals surface area contributed by atoms with E-state index in [0.29, 0.717) is 152 Å². The minimum atomic E-state index is 0.106. The molecule has 0 aromatic rings. The SMILES string of the molecule is [N-]=[N+]=NCCOCCOCCOCCOCCOCCOCCOCCOCCOCCOCCNC(=O)CCCC[C@@H]1CCSS1. The van der Waals surface area contributed by atoms with Crippen LogP contribution in [0, 0.1) is 0 Å². The predicted octanol–water partition coefficient (Wildman–Crippen LogP) is 3.29. The van der Waals surface area contributed by atoms with Crippen molar-refractivity contribution in [1.29, 1.82) is 0 Å². The maximum absolute atomic E-state index is 11.9. The second-order valence-electron chi connectivity index (χ2n) is 10.0. The van der Waals surface area contributed by atoms with Gasteiger partial charge in [0, 0.05) is 35.4 Å². The van der Waals surface area contributed by atoms with Gasteiger partial charge in [0.2, 0.25) is 5.91 Å². The first-order chi connectivity index (χ1) is 23.3. The molecule has 1 aliphatic heterocycles. The Morgan fingerprint density at radius 2 is 1.02 bits per heavy atom. The Morgan fingerprint density at radius 3 is 1.40 bits per heavy atom. The molecule has 0 aliphatic carbocycles. The lowest BCUT2D eigenvalue weighted by molar-refractivity contribution is -0.121. The van der Waals surface area contributed by atoms with Crippen molar-refractivity contribution in [3.8, 4) is 0 Å². The molecule has 0 spiro atoms. The third-order valence-corrected chi connectivity index (χ3v) is 9.23. The highest BCUT2D eigenvalue weighted by molar-refractivity contribution is 8.77. The number of hydrogen-bond acceptors (Lipinski definition) is 14. The zero-order valence-electron chi connectivity index (χ0n) is 28.0. The van der Waals surface area contributed by atoms with Crippen LogP contribution < -0.4 is 5.32 Å². The number of rotatable bonds is 38. The van der Waals surface area contributed by atoms with Crippen LogP contribution in [0.5, 0.6) is 0 Å². The first-order valence-corrected chi connectivity index (χ1v) is 19.0. The lowest BCUT2D eigenvalue weighted by Gasteiger charge is -2.09. The highest BCUT2D eigenvalue weighted by atomic mass is 33.1. The number of carbonyl (C=O) groups is 1. The Hall–Kier alpha value is -0.920. The number of amides is 1. The molecule has 1 heterocycles. The maximum Gasteiger partial charge on any atom is 0.220 e. The second kappa shape index (κ2) is 37.9. The molecule has 1 atom stereocenters. The van der Waals surface area contributed by atoms with Crippen molar-refractivity contribution in [2.24, 2.45) is 5.11 Å². The molecule has 1 saturated heterocycles. The van der Waals surface area contributed by atoms with Gasteiger partial charge >= 0.3 is 0 Å². The predicted molar refractivity (Wildman–Crippen MR) is 182 cm³/mol. The molecule has 1 rings (SSSR count). The Bertz CT molecular complexity index is 725. The summed E-state index contributed by atoms with van der Waals surface area (Å²) in [4.78, 5) is 14.5. The molecule has 47 heavy (non-hydrogen) atoms. The summed E-state index contributed by atoms with van der Waals surface area (Å²) in [7, 11) is 3.97. The topological polar surface area (TPSA) is 170 Å². The van der Waals surface area contributed by atoms with Crippen molar-refractivity contribution >= 4 is 27.5 Å². The quantitative estimate of drug-likeness (QED) is 0.0325. The maximum atomic E-state index is 11.9. The van der Waals surface area contributed by atoms with Crippen molar-refractivity contribution in [2.75, 3.05) is 151 Å². The van der Waals surface area contributed by atoms with E-state index in [-0.39, 0.29) is 5.91 Å². The molecule has 15 nitrogen and oxygen atoms in total. The minimum Gasteiger partial charge on any atom is -0.379 e. The van der Waals surface area contributed by atoms with Crippen LogP contribution in [-0.4, -0.2) is 162 Å². The summed E-state index contributed by atoms with van der Waals surface area (Å²) in [6.45, 7) is 10.6. The first kappa shape index (κ1) is 44.1. The van der Waals surface area contributed by atoms with E-state index in [2.05, 4.69) is 15.3 Å². The second-order valence-corrected chi connectivity index (χ2v) is 12.8. The summed E-state index contributed by atoms with van der Waals surface area (Å²) in [6, 6.07) is 0. The Kier molecular flexibility index (Phi) is 35.6. The number of carbonyl (C=O) groups excluding carboxylic acids is 1. The summed E-state index contributed by atoms with van der Waals surface area (Å²) in [6.07, 6.45) is 5.21. The minimum absolute atomic E-state index is 0.106. The average Bonchev–Trinajstić information content (AvgIpc) is 3.60. The summed E-state index contributed by atoms with van der Waals surface area (Å²) >= 11 is 0. The fourth-order valence-electron chi connectivity index (χ4n) is 3.80. The zero-order chi connectivity index (χ0) is 33.6. The van der Waals surface area contributed by atoms with Crippen LogP contribution in [0.3, 0.4) is 0 Å². The monoisotopic (exact) mass is 714 g/mol. The van der Waals surface area contributed by atoms with Crippen molar-refractivity contribution in [1.82, 2.24) is 5.32 Å². The van der Waals surface area contributed by atoms with Crippen molar-refractivity contribution in [2.45, 2.75) is 37.4 Å². The molecule has 0 bridgehead atoms. The van der Waals surface area contributed by atoms with Crippen LogP contribution in [0.1, 0.15) is 32.1 Å². The fraction of sp³-hybridized carbons (Fsp3) is 0.967. The Morgan fingerprint density at radius 1 is 0.617 bits per heavy atom. The molecule has 1 N–H and O–H groups in total. The van der Waals surface area contributed by atoms with Gasteiger partial charge in [0.05, 0.1) is 132 Å². The summed E-state index contributed by atoms with van der Waals surface area (Å²) < 4.78 is 54.3. The normalized spacial score (nSPS) is 14.4. The fourth-order valence-corrected chi connectivity index (χ4v) is 6.83. The van der Waals surface area contributed by atoms with Crippen LogP contribution >= 0.6 is 21.6 Å². The molecule has 276 valence electrons. The molecule has 0 aromatic carbocycles. The van der Waals surface area contributed by atoms with Crippen molar-refractivity contribution in [3.05, 3.63) is 10.4 Å². The van der Waals surface area contributed by atoms with E-state index in [1.807, 2.05) is 21.6 Å². The van der Waals surface area contributed by atoms with Crippen molar-refractivity contribution in [3.63, 3.8) is 0 Å². The number of azide groups is 1. The highest BCUT2D eigenvalue weighted by Crippen LogP contribution is 2.39. The van der Waals surface area contributed by atoms with E-state index in [9.17, 15) is 4.79 Å². The van der Waals surface area contributed by atoms with E-state index in [4.69, 9.17) is 52.9 Å². The van der Waals surface area contributed by atoms with Crippen LogP contribution in [0.4, 0.5) is 0 Å². The number of unbranched alkanes of at least 4 members (excludes halogenated alkanes) is 1. The van der Waals surface area contributed by atoms with E-state index in [1.54, 1.807) is 0 Å². The number of ether oxygens (including phenoxy) is 10. The summed E-state index contributed by atoms with van der Waals surface area (Å²) in [5.41, 5.74) is 8.14. The largest absolute Gasteiger partial charge is 0.379 e. The molecule has 1 amide bonds. The molecule has 0 aromatic heterocycles. The van der Waals surface area contributed by atoms with E-state index in [0.717, 1.165) is 18.1 Å². The molecular weight excluding hydrogens is 656 g/mol. The van der Waals surface area contributed by atoms with Gasteiger partial charge in [-0.05, 0) is 24.8 Å². The van der Waals surface area contributed by atoms with Gasteiger partial charge < -0.3 is 52.7 Å². The Balaban J connectivity index is 1.62. The third-order valence-electron chi connectivity index (χ3n) is 6.22. The molecule has 17 heteroatoms. The molecule has 1 aliphatic rings. The van der Waals surface area contributed by atoms with Crippen molar-refractivity contribution < 1.29 is 52.2 Å². The lowest BCUT2D eigenvalue weighted by Crippen LogP contribution is -2.27. The van der Waals surface area contributed by atoms with Gasteiger partial charge in [0.25, 0.3) is 0 Å². The van der Waals surface area contributed by atoms with Gasteiger partial charge in [-0.3, -0.25) is 4.79 Å². The zero-order valence-corrected chi connectivity index (χ0v) is 29.7. The average molecular weight is 715 g/mol. The van der Waals surface area contributed by atoms with E-state index < -0.39 is 0 Å². The van der Waals surface area contributed by atoms with Gasteiger partial charge in [-0.25, -0.2) is 0 Å². The lowest BCUT2D eigenvalue weighted by atomic mass is 10.1. The molecule has 0 radical (unpaired) electrons. The van der Waals surface area contributed by atoms with Crippen LogP contribution in [0.15, 0.2) is 5.11 Å². The smallest absolute Gasteiger partial charge is 0.220 e. The van der Waals surface area contributed by atoms with Crippen LogP contribution in [0.25, 0.3) is 10.4 Å².